The van der Waals surface area contributed by atoms with Crippen molar-refractivity contribution in [2.75, 3.05) is 6.54 Å². The molecule has 0 spiro atoms. The molecule has 0 saturated heterocycles. The number of amides is 1. The molecule has 16 heavy (non-hydrogen) atoms. The van der Waals surface area contributed by atoms with Crippen LogP contribution in [0.2, 0.25) is 0 Å². The molecule has 1 amide bonds. The molecule has 0 aliphatic heterocycles. The van der Waals surface area contributed by atoms with Crippen LogP contribution in [-0.4, -0.2) is 12.5 Å². The summed E-state index contributed by atoms with van der Waals surface area (Å²) in [7, 11) is 0. The summed E-state index contributed by atoms with van der Waals surface area (Å²) in [5, 5.41) is 2.80. The molecule has 1 aromatic carbocycles. The van der Waals surface area contributed by atoms with Gasteiger partial charge in [-0.15, -0.1) is 0 Å². The van der Waals surface area contributed by atoms with E-state index in [0.717, 1.165) is 18.4 Å². The predicted octanol–water partition coefficient (Wildman–Crippen LogP) is 3.34. The van der Waals surface area contributed by atoms with Crippen molar-refractivity contribution in [1.82, 2.24) is 5.32 Å². The Balaban J connectivity index is 2.78. The van der Waals surface area contributed by atoms with Gasteiger partial charge in [-0.05, 0) is 43.4 Å². The average Bonchev–Trinajstić information content (AvgIpc) is 2.32. The maximum absolute atomic E-state index is 11.6. The van der Waals surface area contributed by atoms with E-state index in [1.54, 1.807) is 0 Å². The van der Waals surface area contributed by atoms with Gasteiger partial charge in [0, 0.05) is 12.1 Å². The van der Waals surface area contributed by atoms with Crippen LogP contribution in [0.3, 0.4) is 0 Å². The summed E-state index contributed by atoms with van der Waals surface area (Å²) in [6.45, 7) is 7.00. The van der Waals surface area contributed by atoms with Gasteiger partial charge in [0.1, 0.15) is 0 Å². The van der Waals surface area contributed by atoms with E-state index in [0.29, 0.717) is 12.5 Å². The smallest absolute Gasteiger partial charge is 0.251 e. The fraction of sp³-hybridized carbons (Fsp3) is 0.500. The first-order chi connectivity index (χ1) is 7.72. The number of hydrogen-bond acceptors (Lipinski definition) is 1. The Labute approximate surface area is 98.1 Å². The summed E-state index contributed by atoms with van der Waals surface area (Å²) in [5.41, 5.74) is 2.08. The van der Waals surface area contributed by atoms with E-state index in [1.165, 1.54) is 5.56 Å². The number of carbonyl (C=O) groups is 1. The first-order valence-electron chi connectivity index (χ1n) is 6.11. The third-order valence-electron chi connectivity index (χ3n) is 2.97. The lowest BCUT2D eigenvalue weighted by molar-refractivity contribution is 0.0956. The molecule has 88 valence electrons. The van der Waals surface area contributed by atoms with Crippen LogP contribution in [0, 0.1) is 0 Å². The maximum atomic E-state index is 11.6. The summed E-state index contributed by atoms with van der Waals surface area (Å²) in [6.07, 6.45) is 2.30. The highest BCUT2D eigenvalue weighted by Crippen LogP contribution is 2.22. The Morgan fingerprint density at radius 3 is 2.12 bits per heavy atom. The lowest BCUT2D eigenvalue weighted by Gasteiger charge is -2.13. The number of nitrogens with one attached hydrogen (secondary N) is 1. The van der Waals surface area contributed by atoms with E-state index >= 15 is 0 Å². The predicted molar refractivity (Wildman–Crippen MR) is 67.8 cm³/mol. The van der Waals surface area contributed by atoms with Crippen molar-refractivity contribution in [3.63, 3.8) is 0 Å². The molecule has 1 rings (SSSR count). The molecule has 1 aromatic rings. The summed E-state index contributed by atoms with van der Waals surface area (Å²) < 4.78 is 0. The minimum absolute atomic E-state index is 0.0126. The van der Waals surface area contributed by atoms with Crippen LogP contribution >= 0.6 is 0 Å². The van der Waals surface area contributed by atoms with Gasteiger partial charge in [0.25, 0.3) is 5.91 Å². The lowest BCUT2D eigenvalue weighted by atomic mass is 9.93. The van der Waals surface area contributed by atoms with Gasteiger partial charge in [0.15, 0.2) is 0 Å². The Morgan fingerprint density at radius 2 is 1.69 bits per heavy atom. The van der Waals surface area contributed by atoms with Gasteiger partial charge in [-0.1, -0.05) is 26.0 Å². The number of carbonyl (C=O) groups excluding carboxylic acids is 1. The topological polar surface area (TPSA) is 29.1 Å². The van der Waals surface area contributed by atoms with Crippen molar-refractivity contribution >= 4 is 5.91 Å². The quantitative estimate of drug-likeness (QED) is 0.808. The van der Waals surface area contributed by atoms with Gasteiger partial charge in [-0.25, -0.2) is 0 Å². The fourth-order valence-corrected chi connectivity index (χ4v) is 1.93. The Hall–Kier alpha value is -1.31. The molecule has 0 fully saturated rings. The summed E-state index contributed by atoms with van der Waals surface area (Å²) in [4.78, 5) is 11.6. The third-order valence-corrected chi connectivity index (χ3v) is 2.97. The summed E-state index contributed by atoms with van der Waals surface area (Å²) in [6, 6.07) is 7.97. The average molecular weight is 219 g/mol. The summed E-state index contributed by atoms with van der Waals surface area (Å²) >= 11 is 0. The number of benzene rings is 1. The van der Waals surface area contributed by atoms with Crippen LogP contribution in [0.5, 0.6) is 0 Å². The van der Waals surface area contributed by atoms with Gasteiger partial charge in [0.05, 0.1) is 0 Å². The van der Waals surface area contributed by atoms with Crippen LogP contribution in [0.1, 0.15) is 55.5 Å². The molecule has 0 aliphatic carbocycles. The first kappa shape index (κ1) is 12.8. The van der Waals surface area contributed by atoms with Crippen molar-refractivity contribution < 1.29 is 4.79 Å². The van der Waals surface area contributed by atoms with Crippen LogP contribution in [0.4, 0.5) is 0 Å². The fourth-order valence-electron chi connectivity index (χ4n) is 1.93. The zero-order chi connectivity index (χ0) is 12.0. The van der Waals surface area contributed by atoms with Gasteiger partial charge in [-0.2, -0.15) is 0 Å². The zero-order valence-corrected chi connectivity index (χ0v) is 10.4. The van der Waals surface area contributed by atoms with Crippen molar-refractivity contribution in [2.24, 2.45) is 0 Å². The van der Waals surface area contributed by atoms with Gasteiger partial charge < -0.3 is 5.32 Å². The highest BCUT2D eigenvalue weighted by atomic mass is 16.1. The largest absolute Gasteiger partial charge is 0.352 e. The van der Waals surface area contributed by atoms with E-state index in [1.807, 2.05) is 19.1 Å². The number of rotatable bonds is 5. The van der Waals surface area contributed by atoms with Crippen molar-refractivity contribution in [3.05, 3.63) is 35.4 Å². The molecule has 1 N–H and O–H groups in total. The molecule has 0 heterocycles. The Bertz CT molecular complexity index is 325. The van der Waals surface area contributed by atoms with E-state index in [4.69, 9.17) is 0 Å². The van der Waals surface area contributed by atoms with E-state index in [9.17, 15) is 4.79 Å². The minimum Gasteiger partial charge on any atom is -0.352 e. The monoisotopic (exact) mass is 219 g/mol. The Kier molecular flexibility index (Phi) is 5.03. The van der Waals surface area contributed by atoms with Crippen molar-refractivity contribution in [2.45, 2.75) is 39.5 Å². The SMILES string of the molecule is CCNC(=O)c1ccc(C(CC)CC)cc1. The van der Waals surface area contributed by atoms with E-state index in [-0.39, 0.29) is 5.91 Å². The van der Waals surface area contributed by atoms with Gasteiger partial charge >= 0.3 is 0 Å². The second kappa shape index (κ2) is 6.31. The molecule has 0 aromatic heterocycles. The molecule has 0 radical (unpaired) electrons. The van der Waals surface area contributed by atoms with Crippen molar-refractivity contribution in [1.29, 1.82) is 0 Å². The minimum atomic E-state index is 0.0126. The third kappa shape index (κ3) is 3.09. The van der Waals surface area contributed by atoms with E-state index in [2.05, 4.69) is 31.3 Å². The lowest BCUT2D eigenvalue weighted by Crippen LogP contribution is -2.22. The highest BCUT2D eigenvalue weighted by Gasteiger charge is 2.08. The molecule has 2 heteroatoms. The second-order valence-electron chi connectivity index (χ2n) is 3.99. The molecule has 0 unspecified atom stereocenters. The van der Waals surface area contributed by atoms with Crippen LogP contribution in [-0.2, 0) is 0 Å². The van der Waals surface area contributed by atoms with Crippen LogP contribution in [0.25, 0.3) is 0 Å². The molecule has 0 saturated carbocycles. The van der Waals surface area contributed by atoms with Gasteiger partial charge in [0.2, 0.25) is 0 Å². The molecular formula is C14H21NO. The molecular weight excluding hydrogens is 198 g/mol. The van der Waals surface area contributed by atoms with Crippen LogP contribution < -0.4 is 5.32 Å². The maximum Gasteiger partial charge on any atom is 0.251 e. The highest BCUT2D eigenvalue weighted by molar-refractivity contribution is 5.94. The first-order valence-corrected chi connectivity index (χ1v) is 6.11. The zero-order valence-electron chi connectivity index (χ0n) is 10.4. The number of hydrogen-bond donors (Lipinski definition) is 1. The molecule has 0 aliphatic rings. The van der Waals surface area contributed by atoms with Crippen molar-refractivity contribution in [3.8, 4) is 0 Å². The molecule has 2 nitrogen and oxygen atoms in total. The van der Waals surface area contributed by atoms with Gasteiger partial charge in [-0.3, -0.25) is 4.79 Å². The molecule has 0 bridgehead atoms. The van der Waals surface area contributed by atoms with Crippen LogP contribution in [0.15, 0.2) is 24.3 Å². The molecule has 0 atom stereocenters. The normalized spacial score (nSPS) is 10.5. The summed E-state index contributed by atoms with van der Waals surface area (Å²) in [5.74, 6) is 0.627. The second-order valence-corrected chi connectivity index (χ2v) is 3.99. The standard InChI is InChI=1S/C14H21NO/c1-4-11(5-2)12-7-9-13(10-8-12)14(16)15-6-3/h7-11H,4-6H2,1-3H3,(H,15,16). The Morgan fingerprint density at radius 1 is 1.12 bits per heavy atom. The van der Waals surface area contributed by atoms with E-state index < -0.39 is 0 Å².